The van der Waals surface area contributed by atoms with Gasteiger partial charge < -0.3 is 10.4 Å². The number of nitrogens with one attached hydrogen (secondary N) is 1. The van der Waals surface area contributed by atoms with Crippen molar-refractivity contribution in [2.24, 2.45) is 0 Å². The zero-order valence-electron chi connectivity index (χ0n) is 11.1. The first-order valence-corrected chi connectivity index (χ1v) is 7.76. The molecule has 1 atom stereocenters. The molecule has 1 heterocycles. The Morgan fingerprint density at radius 2 is 2.05 bits per heavy atom. The Bertz CT molecular complexity index is 414. The molecular weight excluding hydrogens is 260 g/mol. The number of hydrogen-bond donors (Lipinski definition) is 2. The van der Waals surface area contributed by atoms with Crippen LogP contribution in [0.5, 0.6) is 0 Å². The summed E-state index contributed by atoms with van der Waals surface area (Å²) in [6.07, 6.45) is 3.01. The SMILES string of the molecule is CSc1ccc(C(C(=O)O)N2CCCNCC2)cc1. The summed E-state index contributed by atoms with van der Waals surface area (Å²) < 4.78 is 0. The van der Waals surface area contributed by atoms with Gasteiger partial charge in [-0.3, -0.25) is 9.69 Å². The number of aliphatic carboxylic acids is 1. The van der Waals surface area contributed by atoms with Crippen molar-refractivity contribution in [1.29, 1.82) is 0 Å². The summed E-state index contributed by atoms with van der Waals surface area (Å²) in [5.74, 6) is -0.765. The highest BCUT2D eigenvalue weighted by atomic mass is 32.2. The minimum Gasteiger partial charge on any atom is -0.480 e. The van der Waals surface area contributed by atoms with Crippen molar-refractivity contribution in [2.45, 2.75) is 17.4 Å². The van der Waals surface area contributed by atoms with Gasteiger partial charge in [-0.15, -0.1) is 11.8 Å². The third-order valence-electron chi connectivity index (χ3n) is 3.41. The second-order valence-corrected chi connectivity index (χ2v) is 5.53. The van der Waals surface area contributed by atoms with Gasteiger partial charge in [-0.05, 0) is 36.9 Å². The molecule has 0 aromatic heterocycles. The van der Waals surface area contributed by atoms with Crippen LogP contribution >= 0.6 is 11.8 Å². The van der Waals surface area contributed by atoms with Gasteiger partial charge in [-0.25, -0.2) is 0 Å². The van der Waals surface area contributed by atoms with Gasteiger partial charge in [0.05, 0.1) is 0 Å². The zero-order valence-corrected chi connectivity index (χ0v) is 11.9. The highest BCUT2D eigenvalue weighted by Gasteiger charge is 2.27. The topological polar surface area (TPSA) is 52.6 Å². The quantitative estimate of drug-likeness (QED) is 0.824. The fraction of sp³-hybridized carbons (Fsp3) is 0.500. The second kappa shape index (κ2) is 6.93. The van der Waals surface area contributed by atoms with Crippen LogP contribution in [0.3, 0.4) is 0 Å². The summed E-state index contributed by atoms with van der Waals surface area (Å²) in [6.45, 7) is 3.43. The van der Waals surface area contributed by atoms with Gasteiger partial charge in [0.25, 0.3) is 0 Å². The molecule has 0 radical (unpaired) electrons. The van der Waals surface area contributed by atoms with Gasteiger partial charge in [0, 0.05) is 24.5 Å². The van der Waals surface area contributed by atoms with Crippen molar-refractivity contribution < 1.29 is 9.90 Å². The number of nitrogens with zero attached hydrogens (tertiary/aromatic N) is 1. The van der Waals surface area contributed by atoms with Crippen LogP contribution < -0.4 is 5.32 Å². The van der Waals surface area contributed by atoms with Crippen molar-refractivity contribution in [3.63, 3.8) is 0 Å². The molecule has 0 bridgehead atoms. The van der Waals surface area contributed by atoms with Gasteiger partial charge in [-0.2, -0.15) is 0 Å². The van der Waals surface area contributed by atoms with E-state index in [-0.39, 0.29) is 0 Å². The fourth-order valence-electron chi connectivity index (χ4n) is 2.42. The van der Waals surface area contributed by atoms with Gasteiger partial charge in [0.2, 0.25) is 0 Å². The molecule has 19 heavy (non-hydrogen) atoms. The van der Waals surface area contributed by atoms with Crippen LogP contribution in [0.15, 0.2) is 29.2 Å². The third-order valence-corrected chi connectivity index (χ3v) is 4.15. The van der Waals surface area contributed by atoms with Crippen LogP contribution in [-0.4, -0.2) is 48.4 Å². The molecule has 1 aromatic rings. The highest BCUT2D eigenvalue weighted by molar-refractivity contribution is 7.98. The smallest absolute Gasteiger partial charge is 0.325 e. The first-order valence-electron chi connectivity index (χ1n) is 6.54. The molecule has 1 saturated heterocycles. The summed E-state index contributed by atoms with van der Waals surface area (Å²) in [5, 5.41) is 12.8. The fourth-order valence-corrected chi connectivity index (χ4v) is 2.83. The number of thioether (sulfide) groups is 1. The molecule has 0 aliphatic carbocycles. The standard InChI is InChI=1S/C14H20N2O2S/c1-19-12-5-3-11(4-6-12)13(14(17)18)16-9-2-7-15-8-10-16/h3-6,13,15H,2,7-10H2,1H3,(H,17,18). The van der Waals surface area contributed by atoms with E-state index in [1.807, 2.05) is 30.5 Å². The summed E-state index contributed by atoms with van der Waals surface area (Å²) in [5.41, 5.74) is 0.868. The van der Waals surface area contributed by atoms with E-state index in [0.717, 1.165) is 43.1 Å². The summed E-state index contributed by atoms with van der Waals surface area (Å²) >= 11 is 1.67. The molecular formula is C14H20N2O2S. The average molecular weight is 280 g/mol. The van der Waals surface area contributed by atoms with E-state index in [1.54, 1.807) is 11.8 Å². The summed E-state index contributed by atoms with van der Waals surface area (Å²) in [7, 11) is 0. The van der Waals surface area contributed by atoms with Gasteiger partial charge in [-0.1, -0.05) is 12.1 Å². The molecule has 1 fully saturated rings. The number of carbonyl (C=O) groups is 1. The van der Waals surface area contributed by atoms with E-state index < -0.39 is 12.0 Å². The predicted molar refractivity (Wildman–Crippen MR) is 77.7 cm³/mol. The van der Waals surface area contributed by atoms with Crippen LogP contribution in [0.2, 0.25) is 0 Å². The number of carboxylic acid groups (broad SMARTS) is 1. The van der Waals surface area contributed by atoms with Crippen molar-refractivity contribution in [2.75, 3.05) is 32.4 Å². The van der Waals surface area contributed by atoms with Gasteiger partial charge >= 0.3 is 5.97 Å². The van der Waals surface area contributed by atoms with Crippen LogP contribution in [0.4, 0.5) is 0 Å². The van der Waals surface area contributed by atoms with Crippen molar-refractivity contribution >= 4 is 17.7 Å². The molecule has 2 rings (SSSR count). The minimum atomic E-state index is -0.765. The Morgan fingerprint density at radius 3 is 2.68 bits per heavy atom. The van der Waals surface area contributed by atoms with E-state index >= 15 is 0 Å². The molecule has 2 N–H and O–H groups in total. The van der Waals surface area contributed by atoms with Gasteiger partial charge in [0.1, 0.15) is 6.04 Å². The molecule has 104 valence electrons. The van der Waals surface area contributed by atoms with E-state index in [9.17, 15) is 9.90 Å². The average Bonchev–Trinajstić information content (AvgIpc) is 2.68. The Morgan fingerprint density at radius 1 is 1.32 bits per heavy atom. The maximum Gasteiger partial charge on any atom is 0.325 e. The van der Waals surface area contributed by atoms with Crippen LogP contribution in [0.25, 0.3) is 0 Å². The summed E-state index contributed by atoms with van der Waals surface area (Å²) in [6, 6.07) is 7.32. The number of benzene rings is 1. The predicted octanol–water partition coefficient (Wildman–Crippen LogP) is 1.83. The van der Waals surface area contributed by atoms with E-state index in [1.165, 1.54) is 0 Å². The second-order valence-electron chi connectivity index (χ2n) is 4.65. The van der Waals surface area contributed by atoms with Crippen LogP contribution in [0.1, 0.15) is 18.0 Å². The maximum atomic E-state index is 11.6. The molecule has 0 spiro atoms. The lowest BCUT2D eigenvalue weighted by Gasteiger charge is -2.27. The Balaban J connectivity index is 2.20. The first-order chi connectivity index (χ1) is 9.22. The van der Waals surface area contributed by atoms with Crippen LogP contribution in [0, 0.1) is 0 Å². The molecule has 0 amide bonds. The van der Waals surface area contributed by atoms with E-state index in [2.05, 4.69) is 10.2 Å². The van der Waals surface area contributed by atoms with Crippen molar-refractivity contribution in [3.05, 3.63) is 29.8 Å². The molecule has 5 heteroatoms. The van der Waals surface area contributed by atoms with E-state index in [0.29, 0.717) is 0 Å². The Kier molecular flexibility index (Phi) is 5.24. The normalized spacial score (nSPS) is 18.8. The Labute approximate surface area is 118 Å². The first kappa shape index (κ1) is 14.4. The summed E-state index contributed by atoms with van der Waals surface area (Å²) in [4.78, 5) is 14.8. The molecule has 4 nitrogen and oxygen atoms in total. The van der Waals surface area contributed by atoms with E-state index in [4.69, 9.17) is 0 Å². The number of rotatable bonds is 4. The van der Waals surface area contributed by atoms with Crippen LogP contribution in [-0.2, 0) is 4.79 Å². The van der Waals surface area contributed by atoms with Gasteiger partial charge in [0.15, 0.2) is 0 Å². The van der Waals surface area contributed by atoms with Crippen molar-refractivity contribution in [3.8, 4) is 0 Å². The molecule has 1 aromatic carbocycles. The lowest BCUT2D eigenvalue weighted by molar-refractivity contribution is -0.143. The lowest BCUT2D eigenvalue weighted by atomic mass is 10.1. The highest BCUT2D eigenvalue weighted by Crippen LogP contribution is 2.24. The maximum absolute atomic E-state index is 11.6. The monoisotopic (exact) mass is 280 g/mol. The largest absolute Gasteiger partial charge is 0.480 e. The molecule has 1 unspecified atom stereocenters. The molecule has 1 aliphatic rings. The number of hydrogen-bond acceptors (Lipinski definition) is 4. The third kappa shape index (κ3) is 3.72. The Hall–Kier alpha value is -1.04. The molecule has 0 saturated carbocycles. The van der Waals surface area contributed by atoms with Crippen molar-refractivity contribution in [1.82, 2.24) is 10.2 Å². The number of carboxylic acids is 1. The molecule has 1 aliphatic heterocycles. The zero-order chi connectivity index (χ0) is 13.7. The lowest BCUT2D eigenvalue weighted by Crippen LogP contribution is -2.36. The minimum absolute atomic E-state index is 0.532.